The number of carbonyl (C=O) groups excluding carboxylic acids is 2. The molecular formula is C24H16Cl2FNO4. The lowest BCUT2D eigenvalue weighted by molar-refractivity contribution is -0.132. The fourth-order valence-corrected chi connectivity index (χ4v) is 4.10. The van der Waals surface area contributed by atoms with Crippen LogP contribution in [-0.4, -0.2) is 23.9 Å². The molecule has 1 heterocycles. The highest BCUT2D eigenvalue weighted by atomic mass is 35.5. The number of benzene rings is 3. The number of rotatable bonds is 4. The van der Waals surface area contributed by atoms with Crippen molar-refractivity contribution in [2.75, 3.05) is 12.0 Å². The van der Waals surface area contributed by atoms with Gasteiger partial charge in [0.2, 0.25) is 0 Å². The second-order valence-corrected chi connectivity index (χ2v) is 7.89. The second-order valence-electron chi connectivity index (χ2n) is 7.05. The van der Waals surface area contributed by atoms with Crippen molar-refractivity contribution in [3.63, 3.8) is 0 Å². The van der Waals surface area contributed by atoms with Crippen molar-refractivity contribution < 1.29 is 23.8 Å². The summed E-state index contributed by atoms with van der Waals surface area (Å²) < 4.78 is 18.7. The number of hydrogen-bond acceptors (Lipinski definition) is 4. The molecule has 3 aromatic carbocycles. The molecule has 1 amide bonds. The van der Waals surface area contributed by atoms with E-state index in [1.165, 1.54) is 60.5 Å². The molecule has 0 bridgehead atoms. The van der Waals surface area contributed by atoms with Crippen molar-refractivity contribution in [2.24, 2.45) is 0 Å². The van der Waals surface area contributed by atoms with E-state index in [0.717, 1.165) is 0 Å². The monoisotopic (exact) mass is 471 g/mol. The van der Waals surface area contributed by atoms with Crippen LogP contribution < -0.4 is 9.64 Å². The maximum atomic E-state index is 13.6. The molecule has 32 heavy (non-hydrogen) atoms. The minimum absolute atomic E-state index is 0.150. The Kier molecular flexibility index (Phi) is 5.91. The molecule has 4 rings (SSSR count). The van der Waals surface area contributed by atoms with Crippen molar-refractivity contribution >= 4 is 46.3 Å². The molecule has 1 fully saturated rings. The standard InChI is InChI=1S/C24H16Cl2FNO4/c1-32-19-10-7-14(11-18(19)26)22(29)20-21(13-5-8-16(27)9-6-13)28(24(31)23(20)30)17-4-2-3-15(25)12-17/h2-12,21,29H,1H3/b22-20+. The molecule has 1 aliphatic heterocycles. The van der Waals surface area contributed by atoms with Crippen LogP contribution in [0.1, 0.15) is 17.2 Å². The van der Waals surface area contributed by atoms with Gasteiger partial charge in [-0.1, -0.05) is 41.4 Å². The van der Waals surface area contributed by atoms with Gasteiger partial charge in [-0.25, -0.2) is 4.39 Å². The average Bonchev–Trinajstić information content (AvgIpc) is 3.04. The first-order chi connectivity index (χ1) is 15.3. The molecule has 5 nitrogen and oxygen atoms in total. The quantitative estimate of drug-likeness (QED) is 0.298. The molecular weight excluding hydrogens is 456 g/mol. The average molecular weight is 472 g/mol. The molecule has 0 spiro atoms. The summed E-state index contributed by atoms with van der Waals surface area (Å²) in [4.78, 5) is 27.4. The summed E-state index contributed by atoms with van der Waals surface area (Å²) in [5.74, 6) is -2.23. The summed E-state index contributed by atoms with van der Waals surface area (Å²) in [6.07, 6.45) is 0. The number of ether oxygens (including phenoxy) is 1. The first-order valence-electron chi connectivity index (χ1n) is 9.47. The zero-order chi connectivity index (χ0) is 23.0. The summed E-state index contributed by atoms with van der Waals surface area (Å²) in [5, 5.41) is 11.7. The number of carbonyl (C=O) groups is 2. The number of anilines is 1. The third-order valence-corrected chi connectivity index (χ3v) is 5.67. The number of ketones is 1. The van der Waals surface area contributed by atoms with Crippen LogP contribution in [0.15, 0.2) is 72.3 Å². The number of hydrogen-bond donors (Lipinski definition) is 1. The van der Waals surface area contributed by atoms with Crippen LogP contribution in [0.2, 0.25) is 10.0 Å². The number of nitrogens with zero attached hydrogens (tertiary/aromatic N) is 1. The molecule has 0 aromatic heterocycles. The highest BCUT2D eigenvalue weighted by Gasteiger charge is 2.47. The van der Waals surface area contributed by atoms with Gasteiger partial charge in [-0.3, -0.25) is 14.5 Å². The van der Waals surface area contributed by atoms with Crippen molar-refractivity contribution in [1.29, 1.82) is 0 Å². The first-order valence-corrected chi connectivity index (χ1v) is 10.2. The maximum absolute atomic E-state index is 13.6. The fourth-order valence-electron chi connectivity index (χ4n) is 3.65. The molecule has 1 atom stereocenters. The zero-order valence-corrected chi connectivity index (χ0v) is 18.2. The minimum Gasteiger partial charge on any atom is -0.507 e. The molecule has 1 saturated heterocycles. The van der Waals surface area contributed by atoms with E-state index in [9.17, 15) is 19.1 Å². The van der Waals surface area contributed by atoms with E-state index in [2.05, 4.69) is 0 Å². The SMILES string of the molecule is COc1ccc(/C(O)=C2\C(=O)C(=O)N(c3cccc(Cl)c3)C2c2ccc(F)cc2)cc1Cl. The number of amides is 1. The molecule has 0 radical (unpaired) electrons. The normalized spacial score (nSPS) is 17.6. The van der Waals surface area contributed by atoms with Crippen LogP contribution in [0.4, 0.5) is 10.1 Å². The van der Waals surface area contributed by atoms with Crippen molar-refractivity contribution in [3.8, 4) is 5.75 Å². The zero-order valence-electron chi connectivity index (χ0n) is 16.7. The molecule has 162 valence electrons. The van der Waals surface area contributed by atoms with Gasteiger partial charge in [0.15, 0.2) is 0 Å². The fraction of sp³-hybridized carbons (Fsp3) is 0.0833. The van der Waals surface area contributed by atoms with Crippen LogP contribution in [-0.2, 0) is 9.59 Å². The summed E-state index contributed by atoms with van der Waals surface area (Å²) >= 11 is 12.3. The summed E-state index contributed by atoms with van der Waals surface area (Å²) in [7, 11) is 1.45. The Hall–Kier alpha value is -3.35. The Labute approximate surface area is 193 Å². The summed E-state index contributed by atoms with van der Waals surface area (Å²) in [5.41, 5.74) is 0.877. The number of Topliss-reactive ketones (excluding diaryl/α,β-unsaturated/α-hetero) is 1. The van der Waals surface area contributed by atoms with Gasteiger partial charge in [0, 0.05) is 16.3 Å². The smallest absolute Gasteiger partial charge is 0.300 e. The van der Waals surface area contributed by atoms with E-state index < -0.39 is 29.3 Å². The highest BCUT2D eigenvalue weighted by Crippen LogP contribution is 2.43. The molecule has 1 N–H and O–H groups in total. The minimum atomic E-state index is -1.00. The van der Waals surface area contributed by atoms with Gasteiger partial charge in [0.25, 0.3) is 11.7 Å². The Bertz CT molecular complexity index is 1260. The lowest BCUT2D eigenvalue weighted by Gasteiger charge is -2.25. The largest absolute Gasteiger partial charge is 0.507 e. The van der Waals surface area contributed by atoms with Crippen molar-refractivity contribution in [1.82, 2.24) is 0 Å². The third kappa shape index (κ3) is 3.83. The Morgan fingerprint density at radius 2 is 1.75 bits per heavy atom. The Balaban J connectivity index is 1.94. The lowest BCUT2D eigenvalue weighted by atomic mass is 9.95. The molecule has 8 heteroatoms. The van der Waals surface area contributed by atoms with Crippen molar-refractivity contribution in [2.45, 2.75) is 6.04 Å². The van der Waals surface area contributed by atoms with E-state index >= 15 is 0 Å². The van der Waals surface area contributed by atoms with Gasteiger partial charge >= 0.3 is 0 Å². The Morgan fingerprint density at radius 3 is 2.38 bits per heavy atom. The van der Waals surface area contributed by atoms with Gasteiger partial charge in [-0.05, 0) is 54.1 Å². The van der Waals surface area contributed by atoms with E-state index in [4.69, 9.17) is 27.9 Å². The predicted octanol–water partition coefficient (Wildman–Crippen LogP) is 5.77. The van der Waals surface area contributed by atoms with Crippen LogP contribution in [0.25, 0.3) is 5.76 Å². The number of methoxy groups -OCH3 is 1. The summed E-state index contributed by atoms with van der Waals surface area (Å²) in [6, 6.07) is 15.3. The second kappa shape index (κ2) is 8.65. The number of halogens is 3. The topological polar surface area (TPSA) is 66.8 Å². The van der Waals surface area contributed by atoms with E-state index in [-0.39, 0.29) is 16.2 Å². The highest BCUT2D eigenvalue weighted by molar-refractivity contribution is 6.51. The number of aliphatic hydroxyl groups is 1. The van der Waals surface area contributed by atoms with Crippen LogP contribution >= 0.6 is 23.2 Å². The van der Waals surface area contributed by atoms with Gasteiger partial charge in [-0.15, -0.1) is 0 Å². The van der Waals surface area contributed by atoms with E-state index in [1.54, 1.807) is 18.2 Å². The molecule has 0 saturated carbocycles. The molecule has 3 aromatic rings. The molecule has 1 unspecified atom stereocenters. The first kappa shape index (κ1) is 21.9. The van der Waals surface area contributed by atoms with Crippen LogP contribution in [0.3, 0.4) is 0 Å². The maximum Gasteiger partial charge on any atom is 0.300 e. The summed E-state index contributed by atoms with van der Waals surface area (Å²) in [6.45, 7) is 0. The van der Waals surface area contributed by atoms with Gasteiger partial charge in [0.1, 0.15) is 17.3 Å². The van der Waals surface area contributed by atoms with Gasteiger partial charge < -0.3 is 9.84 Å². The van der Waals surface area contributed by atoms with E-state index in [0.29, 0.717) is 22.0 Å². The predicted molar refractivity (Wildman–Crippen MR) is 121 cm³/mol. The molecule has 1 aliphatic rings. The van der Waals surface area contributed by atoms with Gasteiger partial charge in [0.05, 0.1) is 23.7 Å². The van der Waals surface area contributed by atoms with Crippen LogP contribution in [0.5, 0.6) is 5.75 Å². The Morgan fingerprint density at radius 1 is 1.03 bits per heavy atom. The van der Waals surface area contributed by atoms with Crippen molar-refractivity contribution in [3.05, 3.63) is 99.3 Å². The molecule has 0 aliphatic carbocycles. The third-order valence-electron chi connectivity index (χ3n) is 5.14. The number of aliphatic hydroxyl groups excluding tert-OH is 1. The van der Waals surface area contributed by atoms with E-state index in [1.807, 2.05) is 0 Å². The van der Waals surface area contributed by atoms with Gasteiger partial charge in [-0.2, -0.15) is 0 Å². The van der Waals surface area contributed by atoms with Crippen LogP contribution in [0, 0.1) is 5.82 Å². The lowest BCUT2D eigenvalue weighted by Crippen LogP contribution is -2.29.